The Morgan fingerprint density at radius 2 is 2.21 bits per heavy atom. The van der Waals surface area contributed by atoms with Gasteiger partial charge < -0.3 is 35.1 Å². The van der Waals surface area contributed by atoms with E-state index < -0.39 is 30.6 Å². The van der Waals surface area contributed by atoms with Crippen LogP contribution >= 0.6 is 0 Å². The number of carbonyl (C=O) groups excluding carboxylic acids is 1. The van der Waals surface area contributed by atoms with Crippen molar-refractivity contribution in [2.75, 3.05) is 31.7 Å². The number of hydrogen-bond donors (Lipinski definition) is 4. The third-order valence-corrected chi connectivity index (χ3v) is 4.94. The summed E-state index contributed by atoms with van der Waals surface area (Å²) in [7, 11) is 0. The zero-order chi connectivity index (χ0) is 20.4. The van der Waals surface area contributed by atoms with Crippen LogP contribution in [0.15, 0.2) is 12.7 Å². The fourth-order valence-electron chi connectivity index (χ4n) is 3.44. The highest BCUT2D eigenvalue weighted by molar-refractivity contribution is 5.82. The summed E-state index contributed by atoms with van der Waals surface area (Å²) in [4.78, 5) is 24.3. The van der Waals surface area contributed by atoms with Crippen LogP contribution in [0.4, 0.5) is 10.6 Å². The first kappa shape index (κ1) is 19.8. The highest BCUT2D eigenvalue weighted by atomic mass is 16.6. The van der Waals surface area contributed by atoms with E-state index in [9.17, 15) is 15.0 Å². The van der Waals surface area contributed by atoms with Gasteiger partial charge in [-0.2, -0.15) is 0 Å². The molecular weight excluding hydrogens is 384 g/mol. The van der Waals surface area contributed by atoms with Gasteiger partial charge in [-0.15, -0.1) is 0 Å². The molecule has 0 radical (unpaired) electrons. The van der Waals surface area contributed by atoms with Crippen LogP contribution in [-0.4, -0.2) is 86.5 Å². The van der Waals surface area contributed by atoms with E-state index in [4.69, 9.17) is 14.2 Å². The molecule has 2 fully saturated rings. The van der Waals surface area contributed by atoms with Crippen LogP contribution in [0.5, 0.6) is 0 Å². The number of aromatic nitrogens is 4. The Bertz CT molecular complexity index is 856. The lowest BCUT2D eigenvalue weighted by Gasteiger charge is -2.17. The van der Waals surface area contributed by atoms with Gasteiger partial charge in [-0.25, -0.2) is 19.7 Å². The molecule has 5 atom stereocenters. The first-order chi connectivity index (χ1) is 14.1. The molecule has 0 aromatic carbocycles. The maximum absolute atomic E-state index is 11.5. The standard InChI is InChI=1S/C17H24N6O6/c1-2-18-17(26)28-6-10-12(24)13(25)16(29-10)23-8-21-11-14(19-7-20-15(11)23)22-9-3-4-27-5-9/h7-10,12-13,16,24-25H,2-6H2,1H3,(H,18,26)(H,19,20,22)/t9-,10?,12?,13?,16?/m1/s1. The number of hydrogen-bond acceptors (Lipinski definition) is 10. The number of carbonyl (C=O) groups is 1. The van der Waals surface area contributed by atoms with E-state index in [1.165, 1.54) is 17.2 Å². The minimum atomic E-state index is -1.25. The van der Waals surface area contributed by atoms with Crippen LogP contribution in [-0.2, 0) is 14.2 Å². The average molecular weight is 408 g/mol. The lowest BCUT2D eigenvalue weighted by molar-refractivity contribution is -0.0532. The molecule has 2 aromatic rings. The van der Waals surface area contributed by atoms with Crippen molar-refractivity contribution in [3.8, 4) is 0 Å². The topological polar surface area (TPSA) is 153 Å². The molecule has 2 aliphatic heterocycles. The van der Waals surface area contributed by atoms with Gasteiger partial charge in [0.2, 0.25) is 0 Å². The Hall–Kier alpha value is -2.54. The van der Waals surface area contributed by atoms with Gasteiger partial charge in [-0.3, -0.25) is 4.57 Å². The van der Waals surface area contributed by atoms with Gasteiger partial charge in [-0.1, -0.05) is 0 Å². The van der Waals surface area contributed by atoms with E-state index in [0.29, 0.717) is 36.7 Å². The fraction of sp³-hybridized carbons (Fsp3) is 0.647. The molecule has 12 heteroatoms. The zero-order valence-electron chi connectivity index (χ0n) is 15.9. The Morgan fingerprint density at radius 1 is 1.34 bits per heavy atom. The van der Waals surface area contributed by atoms with Crippen molar-refractivity contribution in [1.29, 1.82) is 0 Å². The quantitative estimate of drug-likeness (QED) is 0.487. The minimum absolute atomic E-state index is 0.143. The van der Waals surface area contributed by atoms with Crippen LogP contribution in [0.2, 0.25) is 0 Å². The van der Waals surface area contributed by atoms with Gasteiger partial charge >= 0.3 is 6.09 Å². The third kappa shape index (κ3) is 3.96. The van der Waals surface area contributed by atoms with Crippen LogP contribution in [0.25, 0.3) is 11.2 Å². The molecule has 158 valence electrons. The van der Waals surface area contributed by atoms with Gasteiger partial charge in [0.25, 0.3) is 0 Å². The fourth-order valence-corrected chi connectivity index (χ4v) is 3.44. The number of nitrogens with one attached hydrogen (secondary N) is 2. The molecule has 4 heterocycles. The summed E-state index contributed by atoms with van der Waals surface area (Å²) in [5.41, 5.74) is 0.967. The second-order valence-electron chi connectivity index (χ2n) is 6.93. The van der Waals surface area contributed by atoms with Crippen molar-refractivity contribution in [3.63, 3.8) is 0 Å². The number of alkyl carbamates (subject to hydrolysis) is 1. The number of rotatable bonds is 6. The largest absolute Gasteiger partial charge is 0.447 e. The molecule has 0 saturated carbocycles. The zero-order valence-corrected chi connectivity index (χ0v) is 15.9. The Morgan fingerprint density at radius 3 is 2.97 bits per heavy atom. The highest BCUT2D eigenvalue weighted by Gasteiger charge is 2.45. The summed E-state index contributed by atoms with van der Waals surface area (Å²) in [5, 5.41) is 26.6. The molecule has 4 N–H and O–H groups in total. The highest BCUT2D eigenvalue weighted by Crippen LogP contribution is 2.32. The van der Waals surface area contributed by atoms with Crippen molar-refractivity contribution in [1.82, 2.24) is 24.8 Å². The molecule has 4 unspecified atom stereocenters. The van der Waals surface area contributed by atoms with E-state index in [0.717, 1.165) is 6.42 Å². The van der Waals surface area contributed by atoms with Gasteiger partial charge in [0.15, 0.2) is 23.2 Å². The lowest BCUT2D eigenvalue weighted by Crippen LogP contribution is -2.35. The lowest BCUT2D eigenvalue weighted by atomic mass is 10.1. The first-order valence-electron chi connectivity index (χ1n) is 9.52. The number of aliphatic hydroxyl groups excluding tert-OH is 2. The van der Waals surface area contributed by atoms with E-state index in [-0.39, 0.29) is 12.6 Å². The van der Waals surface area contributed by atoms with Crippen molar-refractivity contribution < 1.29 is 29.2 Å². The molecule has 1 amide bonds. The predicted octanol–water partition coefficient (Wildman–Crippen LogP) is -0.608. The van der Waals surface area contributed by atoms with E-state index in [1.807, 2.05) is 0 Å². The summed E-state index contributed by atoms with van der Waals surface area (Å²) in [5.74, 6) is 0.563. The Kier molecular flexibility index (Phi) is 5.76. The van der Waals surface area contributed by atoms with Gasteiger partial charge in [-0.05, 0) is 13.3 Å². The van der Waals surface area contributed by atoms with Crippen molar-refractivity contribution in [2.24, 2.45) is 0 Å². The van der Waals surface area contributed by atoms with Crippen molar-refractivity contribution in [3.05, 3.63) is 12.7 Å². The molecule has 2 aliphatic rings. The number of anilines is 1. The van der Waals surface area contributed by atoms with Crippen LogP contribution < -0.4 is 10.6 Å². The molecular formula is C17H24N6O6. The summed E-state index contributed by atoms with van der Waals surface area (Å²) in [6.07, 6.45) is -1.17. The van der Waals surface area contributed by atoms with Gasteiger partial charge in [0, 0.05) is 13.2 Å². The van der Waals surface area contributed by atoms with E-state index >= 15 is 0 Å². The second kappa shape index (κ2) is 8.45. The van der Waals surface area contributed by atoms with Gasteiger partial charge in [0.1, 0.15) is 31.2 Å². The molecule has 12 nitrogen and oxygen atoms in total. The summed E-state index contributed by atoms with van der Waals surface area (Å²) in [6.45, 7) is 3.27. The number of amides is 1. The molecule has 2 saturated heterocycles. The van der Waals surface area contributed by atoms with Crippen LogP contribution in [0, 0.1) is 0 Å². The molecule has 2 aromatic heterocycles. The minimum Gasteiger partial charge on any atom is -0.447 e. The molecule has 0 bridgehead atoms. The van der Waals surface area contributed by atoms with Crippen LogP contribution in [0.1, 0.15) is 19.6 Å². The maximum Gasteiger partial charge on any atom is 0.407 e. The molecule has 29 heavy (non-hydrogen) atoms. The maximum atomic E-state index is 11.5. The SMILES string of the molecule is CCNC(=O)OCC1OC(n2cnc3c(N[C@@H]4CCOC4)ncnc32)C(O)C1O. The smallest absolute Gasteiger partial charge is 0.407 e. The number of fused-ring (bicyclic) bond motifs is 1. The molecule has 4 rings (SSSR count). The van der Waals surface area contributed by atoms with E-state index in [1.54, 1.807) is 6.92 Å². The Labute approximate surface area is 166 Å². The van der Waals surface area contributed by atoms with Crippen molar-refractivity contribution >= 4 is 23.1 Å². The number of imidazole rings is 1. The predicted molar refractivity (Wildman–Crippen MR) is 99.1 cm³/mol. The normalized spacial score (nSPS) is 29.3. The van der Waals surface area contributed by atoms with E-state index in [2.05, 4.69) is 25.6 Å². The summed E-state index contributed by atoms with van der Waals surface area (Å²) in [6, 6.07) is 0.143. The monoisotopic (exact) mass is 408 g/mol. The summed E-state index contributed by atoms with van der Waals surface area (Å²) >= 11 is 0. The number of nitrogens with zero attached hydrogens (tertiary/aromatic N) is 4. The Balaban J connectivity index is 1.51. The molecule has 0 aliphatic carbocycles. The van der Waals surface area contributed by atoms with Gasteiger partial charge in [0.05, 0.1) is 19.0 Å². The number of aliphatic hydroxyl groups is 2. The second-order valence-corrected chi connectivity index (χ2v) is 6.93. The average Bonchev–Trinajstić information content (AvgIpc) is 3.43. The van der Waals surface area contributed by atoms with Crippen LogP contribution in [0.3, 0.4) is 0 Å². The number of ether oxygens (including phenoxy) is 3. The molecule has 0 spiro atoms. The summed E-state index contributed by atoms with van der Waals surface area (Å²) < 4.78 is 17.7. The van der Waals surface area contributed by atoms with Crippen molar-refractivity contribution in [2.45, 2.75) is 43.9 Å². The third-order valence-electron chi connectivity index (χ3n) is 4.94. The first-order valence-corrected chi connectivity index (χ1v) is 9.52.